The van der Waals surface area contributed by atoms with Crippen LogP contribution in [-0.4, -0.2) is 5.91 Å². The Bertz CT molecular complexity index is 598. The van der Waals surface area contributed by atoms with Crippen molar-refractivity contribution in [2.75, 3.05) is 0 Å². The third-order valence-electron chi connectivity index (χ3n) is 2.61. The van der Waals surface area contributed by atoms with Gasteiger partial charge < -0.3 is 4.74 Å². The van der Waals surface area contributed by atoms with Crippen molar-refractivity contribution >= 4 is 17.2 Å². The van der Waals surface area contributed by atoms with Gasteiger partial charge in [0.2, 0.25) is 0 Å². The molecule has 1 heterocycles. The zero-order valence-electron chi connectivity index (χ0n) is 10.3. The third-order valence-corrected chi connectivity index (χ3v) is 3.56. The number of hydrogen-bond acceptors (Lipinski definition) is 4. The Morgan fingerprint density at radius 1 is 1.47 bits per heavy atom. The molecule has 0 saturated heterocycles. The lowest BCUT2D eigenvalue weighted by Crippen LogP contribution is -2.30. The van der Waals surface area contributed by atoms with E-state index in [1.807, 2.05) is 0 Å². The van der Waals surface area contributed by atoms with Crippen LogP contribution in [0.3, 0.4) is 0 Å². The molecule has 0 saturated carbocycles. The molecule has 0 spiro atoms. The molecule has 0 aliphatic rings. The minimum absolute atomic E-state index is 0.233. The van der Waals surface area contributed by atoms with E-state index in [1.54, 1.807) is 30.5 Å². The van der Waals surface area contributed by atoms with Gasteiger partial charge >= 0.3 is 0 Å². The Balaban J connectivity index is 2.08. The molecule has 19 heavy (non-hydrogen) atoms. The molecule has 0 aliphatic carbocycles. The monoisotopic (exact) mass is 280 g/mol. The number of benzene rings is 1. The third kappa shape index (κ3) is 3.10. The molecule has 0 radical (unpaired) electrons. The van der Waals surface area contributed by atoms with Crippen LogP contribution < -0.4 is 16.0 Å². The van der Waals surface area contributed by atoms with Crippen LogP contribution in [0.25, 0.3) is 0 Å². The summed E-state index contributed by atoms with van der Waals surface area (Å²) < 4.78 is 18.6. The maximum absolute atomic E-state index is 13.1. The molecule has 100 valence electrons. The predicted molar refractivity (Wildman–Crippen MR) is 71.4 cm³/mol. The van der Waals surface area contributed by atoms with Gasteiger partial charge in [-0.15, -0.1) is 11.3 Å². The van der Waals surface area contributed by atoms with Gasteiger partial charge in [-0.25, -0.2) is 10.2 Å². The number of amides is 1. The van der Waals surface area contributed by atoms with E-state index in [4.69, 9.17) is 10.6 Å². The molecular formula is C13H13FN2O2S. The van der Waals surface area contributed by atoms with Crippen molar-refractivity contribution in [3.8, 4) is 5.75 Å². The van der Waals surface area contributed by atoms with Gasteiger partial charge in [-0.2, -0.15) is 0 Å². The topological polar surface area (TPSA) is 64.3 Å². The number of hydrogen-bond donors (Lipinski definition) is 2. The van der Waals surface area contributed by atoms with Crippen LogP contribution in [-0.2, 0) is 6.61 Å². The van der Waals surface area contributed by atoms with Gasteiger partial charge in [0, 0.05) is 5.56 Å². The number of aryl methyl sites for hydroxylation is 1. The van der Waals surface area contributed by atoms with E-state index in [0.717, 1.165) is 5.56 Å². The quantitative estimate of drug-likeness (QED) is 0.513. The fourth-order valence-electron chi connectivity index (χ4n) is 1.58. The second kappa shape index (κ2) is 5.81. The highest BCUT2D eigenvalue weighted by Gasteiger charge is 2.12. The Morgan fingerprint density at radius 3 is 2.95 bits per heavy atom. The van der Waals surface area contributed by atoms with E-state index < -0.39 is 0 Å². The minimum atomic E-state index is -0.344. The fraction of sp³-hybridized carbons (Fsp3) is 0.154. The van der Waals surface area contributed by atoms with E-state index in [1.165, 1.54) is 17.4 Å². The van der Waals surface area contributed by atoms with Crippen molar-refractivity contribution < 1.29 is 13.9 Å². The van der Waals surface area contributed by atoms with Crippen LogP contribution >= 0.6 is 11.3 Å². The van der Waals surface area contributed by atoms with Crippen LogP contribution in [0.5, 0.6) is 5.75 Å². The molecule has 0 atom stereocenters. The van der Waals surface area contributed by atoms with Gasteiger partial charge in [0.25, 0.3) is 5.91 Å². The lowest BCUT2D eigenvalue weighted by Gasteiger charge is -2.07. The second-order valence-corrected chi connectivity index (χ2v) is 4.86. The molecule has 0 bridgehead atoms. The van der Waals surface area contributed by atoms with Gasteiger partial charge in [0.05, 0.1) is 4.88 Å². The van der Waals surface area contributed by atoms with E-state index in [0.29, 0.717) is 16.2 Å². The summed E-state index contributed by atoms with van der Waals surface area (Å²) in [5.74, 6) is 5.04. The normalized spacial score (nSPS) is 10.3. The Hall–Kier alpha value is -1.92. The molecule has 0 aliphatic heterocycles. The number of thiophene rings is 1. The highest BCUT2D eigenvalue weighted by atomic mass is 32.1. The summed E-state index contributed by atoms with van der Waals surface area (Å²) >= 11 is 1.29. The summed E-state index contributed by atoms with van der Waals surface area (Å²) in [7, 11) is 0. The minimum Gasteiger partial charge on any atom is -0.489 e. The number of carbonyl (C=O) groups is 1. The standard InChI is InChI=1S/C13H13FN2O2S/c1-8-6-10(2-3-11(8)14)18-7-9-4-5-19-12(9)13(17)16-15/h2-6H,7,15H2,1H3,(H,16,17). The maximum Gasteiger partial charge on any atom is 0.275 e. The molecule has 3 N–H and O–H groups in total. The fourth-order valence-corrected chi connectivity index (χ4v) is 2.39. The molecule has 1 aromatic carbocycles. The largest absolute Gasteiger partial charge is 0.489 e. The van der Waals surface area contributed by atoms with Crippen molar-refractivity contribution in [2.24, 2.45) is 5.84 Å². The van der Waals surface area contributed by atoms with Gasteiger partial charge in [-0.05, 0) is 42.1 Å². The van der Waals surface area contributed by atoms with Crippen molar-refractivity contribution in [3.63, 3.8) is 0 Å². The summed E-state index contributed by atoms with van der Waals surface area (Å²) in [4.78, 5) is 12.0. The first-order valence-corrected chi connectivity index (χ1v) is 6.46. The van der Waals surface area contributed by atoms with Crippen LogP contribution in [0.1, 0.15) is 20.8 Å². The first-order chi connectivity index (χ1) is 9.11. The number of ether oxygens (including phenoxy) is 1. The van der Waals surface area contributed by atoms with Crippen molar-refractivity contribution in [2.45, 2.75) is 13.5 Å². The van der Waals surface area contributed by atoms with Crippen molar-refractivity contribution in [1.29, 1.82) is 0 Å². The van der Waals surface area contributed by atoms with Crippen LogP contribution in [0.4, 0.5) is 4.39 Å². The smallest absolute Gasteiger partial charge is 0.275 e. The molecule has 0 unspecified atom stereocenters. The van der Waals surface area contributed by atoms with E-state index >= 15 is 0 Å². The summed E-state index contributed by atoms with van der Waals surface area (Å²) in [6.45, 7) is 1.90. The first kappa shape index (κ1) is 13.5. The maximum atomic E-state index is 13.1. The van der Waals surface area contributed by atoms with E-state index in [9.17, 15) is 9.18 Å². The van der Waals surface area contributed by atoms with Gasteiger partial charge in [-0.1, -0.05) is 0 Å². The molecule has 1 amide bonds. The average molecular weight is 280 g/mol. The number of hydrazine groups is 1. The predicted octanol–water partition coefficient (Wildman–Crippen LogP) is 2.38. The second-order valence-electron chi connectivity index (χ2n) is 3.95. The number of halogens is 1. The molecule has 2 rings (SSSR count). The van der Waals surface area contributed by atoms with Crippen molar-refractivity contribution in [3.05, 3.63) is 51.5 Å². The van der Waals surface area contributed by atoms with E-state index in [2.05, 4.69) is 5.43 Å². The van der Waals surface area contributed by atoms with Gasteiger partial charge in [-0.3, -0.25) is 10.2 Å². The van der Waals surface area contributed by atoms with Gasteiger partial charge in [0.15, 0.2) is 0 Å². The zero-order chi connectivity index (χ0) is 13.8. The summed E-state index contributed by atoms with van der Waals surface area (Å²) in [5, 5.41) is 1.79. The lowest BCUT2D eigenvalue weighted by atomic mass is 10.2. The zero-order valence-corrected chi connectivity index (χ0v) is 11.1. The van der Waals surface area contributed by atoms with Crippen molar-refractivity contribution in [1.82, 2.24) is 5.43 Å². The molecule has 2 aromatic rings. The summed E-state index contributed by atoms with van der Waals surface area (Å²) in [6, 6.07) is 6.32. The van der Waals surface area contributed by atoms with Crippen LogP contribution in [0.15, 0.2) is 29.6 Å². The highest BCUT2D eigenvalue weighted by Crippen LogP contribution is 2.21. The Morgan fingerprint density at radius 2 is 2.26 bits per heavy atom. The summed E-state index contributed by atoms with van der Waals surface area (Å²) in [5.41, 5.74) is 3.35. The molecule has 6 heteroatoms. The van der Waals surface area contributed by atoms with Gasteiger partial charge in [0.1, 0.15) is 18.2 Å². The highest BCUT2D eigenvalue weighted by molar-refractivity contribution is 7.12. The first-order valence-electron chi connectivity index (χ1n) is 5.58. The van der Waals surface area contributed by atoms with Crippen LogP contribution in [0.2, 0.25) is 0 Å². The Kier molecular flexibility index (Phi) is 4.13. The van der Waals surface area contributed by atoms with E-state index in [-0.39, 0.29) is 18.3 Å². The molecule has 4 nitrogen and oxygen atoms in total. The SMILES string of the molecule is Cc1cc(OCc2ccsc2C(=O)NN)ccc1F. The summed E-state index contributed by atoms with van der Waals surface area (Å²) in [6.07, 6.45) is 0. The average Bonchev–Trinajstić information content (AvgIpc) is 2.87. The Labute approximate surface area is 114 Å². The molecule has 1 aromatic heterocycles. The molecular weight excluding hydrogens is 267 g/mol. The number of nitrogen functional groups attached to an aromatic ring is 1. The van der Waals surface area contributed by atoms with Crippen LogP contribution in [0, 0.1) is 12.7 Å². The number of nitrogens with two attached hydrogens (primary N) is 1. The number of rotatable bonds is 4. The lowest BCUT2D eigenvalue weighted by molar-refractivity contribution is 0.0955. The number of carbonyl (C=O) groups excluding carboxylic acids is 1. The molecule has 0 fully saturated rings. The number of nitrogens with one attached hydrogen (secondary N) is 1.